The number of hydrogen-bond acceptors (Lipinski definition) is 4. The van der Waals surface area contributed by atoms with Gasteiger partial charge >= 0.3 is 0 Å². The van der Waals surface area contributed by atoms with Crippen molar-refractivity contribution in [3.05, 3.63) is 23.4 Å². The summed E-state index contributed by atoms with van der Waals surface area (Å²) in [6.07, 6.45) is 3.15. The highest BCUT2D eigenvalue weighted by Crippen LogP contribution is 2.23. The number of anilines is 1. The van der Waals surface area contributed by atoms with Crippen LogP contribution in [0.2, 0.25) is 0 Å². The second-order valence-corrected chi connectivity index (χ2v) is 3.54. The number of allylic oxidation sites excluding steroid dienone is 1. The highest BCUT2D eigenvalue weighted by molar-refractivity contribution is 7.10. The summed E-state index contributed by atoms with van der Waals surface area (Å²) >= 11 is 1.26. The van der Waals surface area contributed by atoms with Gasteiger partial charge in [-0.15, -0.1) is 0 Å². The van der Waals surface area contributed by atoms with E-state index in [-0.39, 0.29) is 5.91 Å². The van der Waals surface area contributed by atoms with Gasteiger partial charge in [0.05, 0.1) is 5.69 Å². The maximum atomic E-state index is 11.2. The Morgan fingerprint density at radius 3 is 3.00 bits per heavy atom. The van der Waals surface area contributed by atoms with Crippen LogP contribution in [0.3, 0.4) is 0 Å². The number of carbonyl (C=O) groups excluding carboxylic acids is 1. The number of nitrogens with zero attached hydrogens (tertiary/aromatic N) is 1. The van der Waals surface area contributed by atoms with Crippen molar-refractivity contribution < 1.29 is 4.79 Å². The lowest BCUT2D eigenvalue weighted by atomic mass is 10.2. The Balaban J connectivity index is 2.81. The van der Waals surface area contributed by atoms with Gasteiger partial charge in [-0.1, -0.05) is 6.08 Å². The molecule has 0 fully saturated rings. The van der Waals surface area contributed by atoms with Gasteiger partial charge in [0.25, 0.3) is 0 Å². The third-order valence-electron chi connectivity index (χ3n) is 1.74. The van der Waals surface area contributed by atoms with Crippen LogP contribution in [0.25, 0.3) is 0 Å². The van der Waals surface area contributed by atoms with Gasteiger partial charge in [0.1, 0.15) is 5.00 Å². The number of nitrogens with one attached hydrogen (secondary N) is 1. The molecule has 3 N–H and O–H groups in total. The molecule has 76 valence electrons. The molecule has 1 amide bonds. The van der Waals surface area contributed by atoms with E-state index in [0.29, 0.717) is 6.54 Å². The maximum Gasteiger partial charge on any atom is 0.248 e. The van der Waals surface area contributed by atoms with Crippen molar-refractivity contribution in [1.29, 1.82) is 0 Å². The first-order chi connectivity index (χ1) is 6.69. The van der Waals surface area contributed by atoms with Crippen LogP contribution in [0, 0.1) is 6.92 Å². The predicted molar refractivity (Wildman–Crippen MR) is 58.2 cm³/mol. The number of amides is 1. The molecule has 1 rings (SSSR count). The third-order valence-corrected chi connectivity index (χ3v) is 2.64. The quantitative estimate of drug-likeness (QED) is 0.743. The molecule has 0 aliphatic heterocycles. The fourth-order valence-corrected chi connectivity index (χ4v) is 1.86. The van der Waals surface area contributed by atoms with Gasteiger partial charge in [-0.05, 0) is 31.5 Å². The molecule has 0 aromatic carbocycles. The second kappa shape index (κ2) is 4.88. The topological polar surface area (TPSA) is 68.0 Å². The summed E-state index contributed by atoms with van der Waals surface area (Å²) in [5.74, 6) is -0.147. The summed E-state index contributed by atoms with van der Waals surface area (Å²) in [6.45, 7) is 4.07. The minimum Gasteiger partial charge on any atom is -0.326 e. The number of hydrogen-bond donors (Lipinski definition) is 2. The summed E-state index contributed by atoms with van der Waals surface area (Å²) in [5.41, 5.74) is 7.34. The van der Waals surface area contributed by atoms with Gasteiger partial charge in [-0.3, -0.25) is 4.79 Å². The molecule has 1 heterocycles. The fourth-order valence-electron chi connectivity index (χ4n) is 1.03. The van der Waals surface area contributed by atoms with Crippen LogP contribution in [-0.4, -0.2) is 10.3 Å². The molecule has 4 nitrogen and oxygen atoms in total. The van der Waals surface area contributed by atoms with E-state index < -0.39 is 0 Å². The normalized spacial score (nSPS) is 10.8. The minimum absolute atomic E-state index is 0.147. The molecule has 0 radical (unpaired) electrons. The van der Waals surface area contributed by atoms with Crippen LogP contribution < -0.4 is 11.1 Å². The van der Waals surface area contributed by atoms with Crippen LogP contribution in [-0.2, 0) is 11.3 Å². The second-order valence-electron chi connectivity index (χ2n) is 2.77. The Morgan fingerprint density at radius 2 is 2.43 bits per heavy atom. The zero-order valence-corrected chi connectivity index (χ0v) is 9.02. The van der Waals surface area contributed by atoms with Crippen molar-refractivity contribution >= 4 is 22.4 Å². The van der Waals surface area contributed by atoms with Crippen LogP contribution in [0.1, 0.15) is 18.2 Å². The average Bonchev–Trinajstić information content (AvgIpc) is 2.47. The first-order valence-corrected chi connectivity index (χ1v) is 5.05. The van der Waals surface area contributed by atoms with Crippen LogP contribution in [0.5, 0.6) is 0 Å². The van der Waals surface area contributed by atoms with Gasteiger partial charge in [-0.25, -0.2) is 0 Å². The number of rotatable bonds is 3. The molecule has 0 unspecified atom stereocenters. The Bertz CT molecular complexity index is 357. The first kappa shape index (κ1) is 10.9. The zero-order valence-electron chi connectivity index (χ0n) is 8.20. The van der Waals surface area contributed by atoms with E-state index in [1.807, 2.05) is 6.92 Å². The molecule has 0 aliphatic rings. The van der Waals surface area contributed by atoms with Crippen LogP contribution >= 0.6 is 11.5 Å². The van der Waals surface area contributed by atoms with E-state index in [1.165, 1.54) is 17.6 Å². The Labute approximate surface area is 87.0 Å². The SMILES string of the molecule is C/C=C/C(=O)Nc1snc(C)c1CN. The number of nitrogens with two attached hydrogens (primary N) is 1. The lowest BCUT2D eigenvalue weighted by Gasteiger charge is -2.00. The monoisotopic (exact) mass is 211 g/mol. The van der Waals surface area contributed by atoms with E-state index in [0.717, 1.165) is 16.3 Å². The smallest absolute Gasteiger partial charge is 0.248 e. The molecule has 0 saturated carbocycles. The van der Waals surface area contributed by atoms with Gasteiger partial charge in [0.15, 0.2) is 0 Å². The minimum atomic E-state index is -0.147. The number of aromatic nitrogens is 1. The largest absolute Gasteiger partial charge is 0.326 e. The van der Waals surface area contributed by atoms with Crippen molar-refractivity contribution in [3.63, 3.8) is 0 Å². The molecule has 14 heavy (non-hydrogen) atoms. The molecule has 0 spiro atoms. The van der Waals surface area contributed by atoms with E-state index in [2.05, 4.69) is 9.69 Å². The van der Waals surface area contributed by atoms with Crippen LogP contribution in [0.15, 0.2) is 12.2 Å². The highest BCUT2D eigenvalue weighted by Gasteiger charge is 2.09. The van der Waals surface area contributed by atoms with Crippen molar-refractivity contribution in [2.24, 2.45) is 5.73 Å². The van der Waals surface area contributed by atoms with Crippen molar-refractivity contribution in [1.82, 2.24) is 4.37 Å². The van der Waals surface area contributed by atoms with E-state index >= 15 is 0 Å². The van der Waals surface area contributed by atoms with E-state index in [1.54, 1.807) is 13.0 Å². The molecule has 0 aliphatic carbocycles. The molecular weight excluding hydrogens is 198 g/mol. The van der Waals surface area contributed by atoms with E-state index in [9.17, 15) is 4.79 Å². The Morgan fingerprint density at radius 1 is 1.71 bits per heavy atom. The number of carbonyl (C=O) groups is 1. The first-order valence-electron chi connectivity index (χ1n) is 4.28. The molecule has 1 aromatic heterocycles. The standard InChI is InChI=1S/C9H13N3OS/c1-3-4-8(13)11-9-7(5-10)6(2)12-14-9/h3-4H,5,10H2,1-2H3,(H,11,13)/b4-3+. The molecule has 0 saturated heterocycles. The summed E-state index contributed by atoms with van der Waals surface area (Å²) in [4.78, 5) is 11.2. The Hall–Kier alpha value is -1.20. The zero-order chi connectivity index (χ0) is 10.6. The van der Waals surface area contributed by atoms with Crippen molar-refractivity contribution in [3.8, 4) is 0 Å². The summed E-state index contributed by atoms with van der Waals surface area (Å²) in [7, 11) is 0. The highest BCUT2D eigenvalue weighted by atomic mass is 32.1. The summed E-state index contributed by atoms with van der Waals surface area (Å²) in [6, 6.07) is 0. The van der Waals surface area contributed by atoms with Crippen LogP contribution in [0.4, 0.5) is 5.00 Å². The van der Waals surface area contributed by atoms with E-state index in [4.69, 9.17) is 5.73 Å². The van der Waals surface area contributed by atoms with Gasteiger partial charge in [-0.2, -0.15) is 4.37 Å². The van der Waals surface area contributed by atoms with Gasteiger partial charge in [0, 0.05) is 12.1 Å². The van der Waals surface area contributed by atoms with Crippen molar-refractivity contribution in [2.45, 2.75) is 20.4 Å². The number of aryl methyl sites for hydroxylation is 1. The molecular formula is C9H13N3OS. The third kappa shape index (κ3) is 2.40. The molecule has 5 heteroatoms. The lowest BCUT2D eigenvalue weighted by Crippen LogP contribution is -2.09. The van der Waals surface area contributed by atoms with Gasteiger partial charge in [0.2, 0.25) is 5.91 Å². The molecule has 0 bridgehead atoms. The lowest BCUT2D eigenvalue weighted by molar-refractivity contribution is -0.111. The molecule has 0 atom stereocenters. The maximum absolute atomic E-state index is 11.2. The Kier molecular flexibility index (Phi) is 3.79. The molecule has 1 aromatic rings. The van der Waals surface area contributed by atoms with Gasteiger partial charge < -0.3 is 11.1 Å². The average molecular weight is 211 g/mol. The van der Waals surface area contributed by atoms with Crippen molar-refractivity contribution in [2.75, 3.05) is 5.32 Å². The predicted octanol–water partition coefficient (Wildman–Crippen LogP) is 1.42. The summed E-state index contributed by atoms with van der Waals surface area (Å²) < 4.78 is 4.12. The fraction of sp³-hybridized carbons (Fsp3) is 0.333. The summed E-state index contributed by atoms with van der Waals surface area (Å²) in [5, 5.41) is 3.48.